The lowest BCUT2D eigenvalue weighted by Crippen LogP contribution is -2.35. The summed E-state index contributed by atoms with van der Waals surface area (Å²) < 4.78 is 10.0. The smallest absolute Gasteiger partial charge is 0.338 e. The summed E-state index contributed by atoms with van der Waals surface area (Å²) in [6, 6.07) is 8.94. The zero-order valence-corrected chi connectivity index (χ0v) is 16.7. The number of imide groups is 1. The number of esters is 2. The Morgan fingerprint density at radius 1 is 0.931 bits per heavy atom. The van der Waals surface area contributed by atoms with Gasteiger partial charge in [0.2, 0.25) is 0 Å². The Hall–Kier alpha value is -2.90. The molecule has 0 N–H and O–H groups in total. The van der Waals surface area contributed by atoms with Gasteiger partial charge >= 0.3 is 11.9 Å². The van der Waals surface area contributed by atoms with Crippen LogP contribution in [0.25, 0.3) is 0 Å². The first-order valence-corrected chi connectivity index (χ1v) is 9.34. The van der Waals surface area contributed by atoms with Crippen LogP contribution < -0.4 is 0 Å². The molecule has 0 atom stereocenters. The van der Waals surface area contributed by atoms with Gasteiger partial charge in [-0.1, -0.05) is 35.3 Å². The van der Waals surface area contributed by atoms with Crippen molar-refractivity contribution in [3.63, 3.8) is 0 Å². The van der Waals surface area contributed by atoms with E-state index in [2.05, 4.69) is 0 Å². The van der Waals surface area contributed by atoms with Crippen molar-refractivity contribution < 1.29 is 28.7 Å². The zero-order valence-electron chi connectivity index (χ0n) is 15.2. The highest BCUT2D eigenvalue weighted by molar-refractivity contribution is 6.43. The Bertz CT molecular complexity index is 962. The molecule has 2 amide bonds. The van der Waals surface area contributed by atoms with E-state index in [-0.39, 0.29) is 34.4 Å². The van der Waals surface area contributed by atoms with E-state index in [1.807, 2.05) is 0 Å². The van der Waals surface area contributed by atoms with Gasteiger partial charge in [-0.3, -0.25) is 19.3 Å². The van der Waals surface area contributed by atoms with E-state index in [0.717, 1.165) is 4.90 Å². The third-order valence-electron chi connectivity index (χ3n) is 4.16. The van der Waals surface area contributed by atoms with E-state index in [1.54, 1.807) is 31.2 Å². The van der Waals surface area contributed by atoms with Crippen LogP contribution in [0.5, 0.6) is 0 Å². The number of hydrogen-bond donors (Lipinski definition) is 0. The maximum Gasteiger partial charge on any atom is 0.338 e. The van der Waals surface area contributed by atoms with Gasteiger partial charge in [-0.25, -0.2) is 4.79 Å². The van der Waals surface area contributed by atoms with Crippen LogP contribution in [0.1, 0.15) is 43.6 Å². The van der Waals surface area contributed by atoms with Crippen molar-refractivity contribution in [2.45, 2.75) is 13.5 Å². The first-order chi connectivity index (χ1) is 13.8. The number of rotatable bonds is 6. The number of nitrogens with zero attached hydrogens (tertiary/aromatic N) is 1. The van der Waals surface area contributed by atoms with Crippen molar-refractivity contribution in [3.05, 3.63) is 68.7 Å². The minimum atomic E-state index is -0.758. The zero-order chi connectivity index (χ0) is 21.1. The Kier molecular flexibility index (Phi) is 6.20. The van der Waals surface area contributed by atoms with Crippen molar-refractivity contribution >= 4 is 47.0 Å². The predicted octanol–water partition coefficient (Wildman–Crippen LogP) is 3.51. The molecule has 2 aromatic rings. The highest BCUT2D eigenvalue weighted by Crippen LogP contribution is 2.31. The van der Waals surface area contributed by atoms with E-state index in [4.69, 9.17) is 32.7 Å². The topological polar surface area (TPSA) is 90.0 Å². The van der Waals surface area contributed by atoms with Crippen molar-refractivity contribution in [1.82, 2.24) is 4.90 Å². The Balaban J connectivity index is 1.59. The molecule has 7 nitrogen and oxygen atoms in total. The number of benzene rings is 2. The predicted molar refractivity (Wildman–Crippen MR) is 104 cm³/mol. The van der Waals surface area contributed by atoms with Gasteiger partial charge in [0.1, 0.15) is 13.2 Å². The second-order valence-electron chi connectivity index (χ2n) is 6.09. The third-order valence-corrected chi connectivity index (χ3v) is 4.89. The molecule has 0 bridgehead atoms. The summed E-state index contributed by atoms with van der Waals surface area (Å²) in [5, 5.41) is 0.282. The van der Waals surface area contributed by atoms with E-state index in [0.29, 0.717) is 11.1 Å². The summed E-state index contributed by atoms with van der Waals surface area (Å²) in [7, 11) is 0. The van der Waals surface area contributed by atoms with Gasteiger partial charge in [-0.05, 0) is 36.8 Å². The van der Waals surface area contributed by atoms with Gasteiger partial charge in [0.15, 0.2) is 0 Å². The average molecular weight is 436 g/mol. The number of halogens is 2. The van der Waals surface area contributed by atoms with Crippen molar-refractivity contribution in [3.8, 4) is 0 Å². The molecule has 0 radical (unpaired) electrons. The van der Waals surface area contributed by atoms with Crippen LogP contribution in [-0.2, 0) is 20.9 Å². The summed E-state index contributed by atoms with van der Waals surface area (Å²) >= 11 is 11.8. The minimum Gasteiger partial charge on any atom is -0.462 e. The number of ether oxygens (including phenoxy) is 2. The molecule has 0 fully saturated rings. The molecule has 0 unspecified atom stereocenters. The average Bonchev–Trinajstić information content (AvgIpc) is 2.92. The van der Waals surface area contributed by atoms with Gasteiger partial charge in [0, 0.05) is 0 Å². The van der Waals surface area contributed by atoms with Gasteiger partial charge < -0.3 is 9.47 Å². The molecule has 2 aromatic carbocycles. The van der Waals surface area contributed by atoms with Crippen LogP contribution in [0.4, 0.5) is 0 Å². The molecule has 1 aliphatic rings. The molecule has 0 saturated heterocycles. The van der Waals surface area contributed by atoms with Crippen LogP contribution in [0.3, 0.4) is 0 Å². The van der Waals surface area contributed by atoms with E-state index < -0.39 is 30.3 Å². The fourth-order valence-electron chi connectivity index (χ4n) is 2.72. The number of carbonyl (C=O) groups is 4. The highest BCUT2D eigenvalue weighted by atomic mass is 35.5. The molecule has 150 valence electrons. The molecule has 0 spiro atoms. The van der Waals surface area contributed by atoms with Crippen LogP contribution in [0.15, 0.2) is 36.4 Å². The Labute approximate surface area is 176 Å². The molecular weight excluding hydrogens is 421 g/mol. The van der Waals surface area contributed by atoms with Gasteiger partial charge in [0.25, 0.3) is 11.8 Å². The standard InChI is InChI=1S/C20H15Cl2NO6/c1-2-28-20(27)12-5-3-11(4-6-12)10-29-17(24)9-23-18(25)13-7-15(21)16(22)8-14(13)19(23)26/h3-8H,2,9-10H2,1H3. The molecular formula is C20H15Cl2NO6. The molecule has 0 aliphatic carbocycles. The maximum absolute atomic E-state index is 12.4. The summed E-state index contributed by atoms with van der Waals surface area (Å²) in [6.45, 7) is 1.36. The first kappa shape index (κ1) is 20.8. The number of fused-ring (bicyclic) bond motifs is 1. The van der Waals surface area contributed by atoms with Gasteiger partial charge in [0.05, 0.1) is 33.3 Å². The van der Waals surface area contributed by atoms with Crippen molar-refractivity contribution in [2.24, 2.45) is 0 Å². The lowest BCUT2D eigenvalue weighted by molar-refractivity contribution is -0.145. The minimum absolute atomic E-state index is 0.0806. The van der Waals surface area contributed by atoms with Crippen LogP contribution in [0, 0.1) is 0 Å². The molecule has 3 rings (SSSR count). The second-order valence-corrected chi connectivity index (χ2v) is 6.90. The molecule has 0 saturated carbocycles. The lowest BCUT2D eigenvalue weighted by atomic mass is 10.1. The van der Waals surface area contributed by atoms with Crippen LogP contribution >= 0.6 is 23.2 Å². The number of amides is 2. The maximum atomic E-state index is 12.4. The Morgan fingerprint density at radius 3 is 2.00 bits per heavy atom. The highest BCUT2D eigenvalue weighted by Gasteiger charge is 2.37. The van der Waals surface area contributed by atoms with E-state index in [9.17, 15) is 19.2 Å². The quantitative estimate of drug-likeness (QED) is 0.509. The number of carbonyl (C=O) groups excluding carboxylic acids is 4. The van der Waals surface area contributed by atoms with Crippen molar-refractivity contribution in [2.75, 3.05) is 13.2 Å². The van der Waals surface area contributed by atoms with E-state index >= 15 is 0 Å². The van der Waals surface area contributed by atoms with Crippen LogP contribution in [-0.4, -0.2) is 41.8 Å². The second kappa shape index (κ2) is 8.63. The Morgan fingerprint density at radius 2 is 1.48 bits per heavy atom. The molecule has 1 heterocycles. The lowest BCUT2D eigenvalue weighted by Gasteiger charge is -2.13. The third kappa shape index (κ3) is 4.41. The molecule has 1 aliphatic heterocycles. The van der Waals surface area contributed by atoms with Gasteiger partial charge in [-0.2, -0.15) is 0 Å². The summed E-state index contributed by atoms with van der Waals surface area (Å²) in [6.07, 6.45) is 0. The van der Waals surface area contributed by atoms with E-state index in [1.165, 1.54) is 12.1 Å². The van der Waals surface area contributed by atoms with Gasteiger partial charge in [-0.15, -0.1) is 0 Å². The fraction of sp³-hybridized carbons (Fsp3) is 0.200. The number of hydrogen-bond acceptors (Lipinski definition) is 6. The monoisotopic (exact) mass is 435 g/mol. The summed E-state index contributed by atoms with van der Waals surface area (Å²) in [5.74, 6) is -2.48. The first-order valence-electron chi connectivity index (χ1n) is 8.58. The fourth-order valence-corrected chi connectivity index (χ4v) is 3.04. The SMILES string of the molecule is CCOC(=O)c1ccc(COC(=O)CN2C(=O)c3cc(Cl)c(Cl)cc3C2=O)cc1. The normalized spacial score (nSPS) is 12.7. The molecule has 9 heteroatoms. The molecule has 0 aromatic heterocycles. The summed E-state index contributed by atoms with van der Waals surface area (Å²) in [5.41, 5.74) is 1.19. The van der Waals surface area contributed by atoms with Crippen LogP contribution in [0.2, 0.25) is 10.0 Å². The largest absolute Gasteiger partial charge is 0.462 e. The summed E-state index contributed by atoms with van der Waals surface area (Å²) in [4.78, 5) is 49.3. The molecule has 29 heavy (non-hydrogen) atoms. The van der Waals surface area contributed by atoms with Crippen molar-refractivity contribution in [1.29, 1.82) is 0 Å².